The van der Waals surface area contributed by atoms with E-state index in [2.05, 4.69) is 12.2 Å². The van der Waals surface area contributed by atoms with Gasteiger partial charge in [0.2, 0.25) is 0 Å². The van der Waals surface area contributed by atoms with Crippen molar-refractivity contribution >= 4 is 0 Å². The lowest BCUT2D eigenvalue weighted by atomic mass is 9.77. The second-order valence-electron chi connectivity index (χ2n) is 7.57. The zero-order valence-electron chi connectivity index (χ0n) is 13.3. The van der Waals surface area contributed by atoms with Crippen molar-refractivity contribution in [1.82, 2.24) is 5.32 Å². The van der Waals surface area contributed by atoms with E-state index in [1.165, 1.54) is 77.0 Å². The van der Waals surface area contributed by atoms with Gasteiger partial charge in [0.1, 0.15) is 0 Å². The Morgan fingerprint density at radius 3 is 2.40 bits per heavy atom. The van der Waals surface area contributed by atoms with Crippen molar-refractivity contribution in [3.63, 3.8) is 0 Å². The zero-order chi connectivity index (χ0) is 13.8. The molecule has 3 aliphatic rings. The Bertz CT molecular complexity index is 284. The van der Waals surface area contributed by atoms with Crippen LogP contribution in [0.4, 0.5) is 0 Å². The maximum atomic E-state index is 6.22. The van der Waals surface area contributed by atoms with Crippen LogP contribution in [0.15, 0.2) is 0 Å². The molecule has 0 aromatic heterocycles. The van der Waals surface area contributed by atoms with Gasteiger partial charge in [-0.05, 0) is 57.3 Å². The molecule has 2 nitrogen and oxygen atoms in total. The van der Waals surface area contributed by atoms with Crippen molar-refractivity contribution in [2.45, 2.75) is 102 Å². The van der Waals surface area contributed by atoms with Gasteiger partial charge in [0.15, 0.2) is 0 Å². The highest BCUT2D eigenvalue weighted by atomic mass is 16.5. The van der Waals surface area contributed by atoms with E-state index in [0.29, 0.717) is 0 Å². The lowest BCUT2D eigenvalue weighted by molar-refractivity contribution is -0.110. The Balaban J connectivity index is 1.48. The number of hydrogen-bond donors (Lipinski definition) is 1. The summed E-state index contributed by atoms with van der Waals surface area (Å²) >= 11 is 0. The number of hydrogen-bond acceptors (Lipinski definition) is 2. The number of ether oxygens (including phenoxy) is 1. The van der Waals surface area contributed by atoms with Gasteiger partial charge in [0, 0.05) is 18.7 Å². The van der Waals surface area contributed by atoms with Crippen molar-refractivity contribution in [3.8, 4) is 0 Å². The van der Waals surface area contributed by atoms with Crippen LogP contribution in [0.5, 0.6) is 0 Å². The first-order valence-electron chi connectivity index (χ1n) is 9.20. The molecule has 116 valence electrons. The lowest BCUT2D eigenvalue weighted by Crippen LogP contribution is -2.51. The molecule has 3 rings (SSSR count). The average Bonchev–Trinajstić information content (AvgIpc) is 2.49. The lowest BCUT2D eigenvalue weighted by Gasteiger charge is -2.45. The van der Waals surface area contributed by atoms with E-state index in [0.717, 1.165) is 24.6 Å². The molecule has 2 aliphatic carbocycles. The van der Waals surface area contributed by atoms with Crippen LogP contribution in [0.3, 0.4) is 0 Å². The van der Waals surface area contributed by atoms with E-state index in [9.17, 15) is 0 Å². The number of nitrogens with one attached hydrogen (secondary N) is 1. The normalized spacial score (nSPS) is 38.0. The molecule has 1 spiro atoms. The van der Waals surface area contributed by atoms with Gasteiger partial charge in [-0.15, -0.1) is 0 Å². The van der Waals surface area contributed by atoms with Gasteiger partial charge in [-0.25, -0.2) is 0 Å². The fraction of sp³-hybridized carbons (Fsp3) is 1.00. The molecular formula is C18H33NO. The van der Waals surface area contributed by atoms with Crippen molar-refractivity contribution in [2.24, 2.45) is 5.92 Å². The molecule has 1 unspecified atom stereocenters. The minimum Gasteiger partial charge on any atom is -0.375 e. The fourth-order valence-electron chi connectivity index (χ4n) is 4.79. The molecule has 2 saturated carbocycles. The minimum absolute atomic E-state index is 0.259. The van der Waals surface area contributed by atoms with Crippen LogP contribution in [0.1, 0.15) is 84.0 Å². The van der Waals surface area contributed by atoms with Crippen LogP contribution in [-0.4, -0.2) is 24.3 Å². The summed E-state index contributed by atoms with van der Waals surface area (Å²) in [5, 5.41) is 3.99. The topological polar surface area (TPSA) is 21.3 Å². The maximum absolute atomic E-state index is 6.22. The summed E-state index contributed by atoms with van der Waals surface area (Å²) in [7, 11) is 0. The van der Waals surface area contributed by atoms with Crippen LogP contribution < -0.4 is 5.32 Å². The molecule has 1 atom stereocenters. The molecule has 0 bridgehead atoms. The Kier molecular flexibility index (Phi) is 5.04. The molecule has 20 heavy (non-hydrogen) atoms. The third-order valence-corrected chi connectivity index (χ3v) is 6.15. The van der Waals surface area contributed by atoms with E-state index in [1.54, 1.807) is 0 Å². The van der Waals surface area contributed by atoms with E-state index < -0.39 is 0 Å². The third kappa shape index (κ3) is 3.57. The molecule has 0 aromatic carbocycles. The van der Waals surface area contributed by atoms with Crippen LogP contribution in [-0.2, 0) is 4.74 Å². The summed E-state index contributed by atoms with van der Waals surface area (Å²) in [5.74, 6) is 1.01. The standard InChI is InChI=1S/C18H33NO/c1-2-15-6-8-16(9-7-15)19-17-10-13-20-18(14-17)11-4-3-5-12-18/h15-17,19H,2-14H2,1H3. The molecule has 0 radical (unpaired) electrons. The van der Waals surface area contributed by atoms with Gasteiger partial charge in [0.05, 0.1) is 5.60 Å². The molecule has 1 N–H and O–H groups in total. The van der Waals surface area contributed by atoms with Gasteiger partial charge in [-0.2, -0.15) is 0 Å². The molecule has 3 fully saturated rings. The maximum Gasteiger partial charge on any atom is 0.0697 e. The summed E-state index contributed by atoms with van der Waals surface area (Å²) in [6, 6.07) is 1.52. The highest BCUT2D eigenvalue weighted by Crippen LogP contribution is 2.39. The van der Waals surface area contributed by atoms with E-state index in [-0.39, 0.29) is 5.60 Å². The van der Waals surface area contributed by atoms with Gasteiger partial charge in [-0.1, -0.05) is 32.6 Å². The van der Waals surface area contributed by atoms with Crippen LogP contribution in [0, 0.1) is 5.92 Å². The molecule has 0 amide bonds. The summed E-state index contributed by atoms with van der Waals surface area (Å²) in [4.78, 5) is 0. The van der Waals surface area contributed by atoms with Crippen molar-refractivity contribution in [1.29, 1.82) is 0 Å². The highest BCUT2D eigenvalue weighted by Gasteiger charge is 2.39. The van der Waals surface area contributed by atoms with Gasteiger partial charge in [0.25, 0.3) is 0 Å². The van der Waals surface area contributed by atoms with Crippen LogP contribution in [0.2, 0.25) is 0 Å². The SMILES string of the molecule is CCC1CCC(NC2CCOC3(CCCCC3)C2)CC1. The first-order valence-corrected chi connectivity index (χ1v) is 9.20. The van der Waals surface area contributed by atoms with Crippen molar-refractivity contribution in [2.75, 3.05) is 6.61 Å². The smallest absolute Gasteiger partial charge is 0.0697 e. The third-order valence-electron chi connectivity index (χ3n) is 6.15. The van der Waals surface area contributed by atoms with Crippen molar-refractivity contribution < 1.29 is 4.74 Å². The molecule has 0 aromatic rings. The molecule has 2 heteroatoms. The predicted molar refractivity (Wildman–Crippen MR) is 84.0 cm³/mol. The van der Waals surface area contributed by atoms with Crippen molar-refractivity contribution in [3.05, 3.63) is 0 Å². The van der Waals surface area contributed by atoms with Crippen LogP contribution in [0.25, 0.3) is 0 Å². The summed E-state index contributed by atoms with van der Waals surface area (Å²) in [6.07, 6.45) is 16.4. The summed E-state index contributed by atoms with van der Waals surface area (Å²) in [6.45, 7) is 3.34. The molecule has 1 aliphatic heterocycles. The van der Waals surface area contributed by atoms with Gasteiger partial charge >= 0.3 is 0 Å². The molecular weight excluding hydrogens is 246 g/mol. The Labute approximate surface area is 125 Å². The van der Waals surface area contributed by atoms with E-state index in [1.807, 2.05) is 0 Å². The largest absolute Gasteiger partial charge is 0.375 e. The zero-order valence-corrected chi connectivity index (χ0v) is 13.3. The summed E-state index contributed by atoms with van der Waals surface area (Å²) < 4.78 is 6.22. The average molecular weight is 279 g/mol. The van der Waals surface area contributed by atoms with Crippen LogP contribution >= 0.6 is 0 Å². The van der Waals surface area contributed by atoms with E-state index >= 15 is 0 Å². The molecule has 1 saturated heterocycles. The Morgan fingerprint density at radius 2 is 1.70 bits per heavy atom. The summed E-state index contributed by atoms with van der Waals surface area (Å²) in [5.41, 5.74) is 0.259. The number of rotatable bonds is 3. The Morgan fingerprint density at radius 1 is 0.950 bits per heavy atom. The first-order chi connectivity index (χ1) is 9.80. The second kappa shape index (κ2) is 6.79. The Hall–Kier alpha value is -0.0800. The highest BCUT2D eigenvalue weighted by molar-refractivity contribution is 4.93. The van der Waals surface area contributed by atoms with Gasteiger partial charge in [-0.3, -0.25) is 0 Å². The van der Waals surface area contributed by atoms with E-state index in [4.69, 9.17) is 4.74 Å². The predicted octanol–water partition coefficient (Wildman–Crippen LogP) is 4.43. The van der Waals surface area contributed by atoms with Gasteiger partial charge < -0.3 is 10.1 Å². The molecule has 1 heterocycles. The fourth-order valence-corrected chi connectivity index (χ4v) is 4.79. The quantitative estimate of drug-likeness (QED) is 0.825. The first kappa shape index (κ1) is 14.8. The second-order valence-corrected chi connectivity index (χ2v) is 7.57. The monoisotopic (exact) mass is 279 g/mol. The minimum atomic E-state index is 0.259.